The first kappa shape index (κ1) is 12.4. The molecule has 1 aliphatic heterocycles. The molecule has 94 valence electrons. The summed E-state index contributed by atoms with van der Waals surface area (Å²) in [6.07, 6.45) is 8.42. The molecule has 3 atom stereocenters. The van der Waals surface area contributed by atoms with E-state index in [-0.39, 0.29) is 0 Å². The lowest BCUT2D eigenvalue weighted by Gasteiger charge is -2.43. The van der Waals surface area contributed by atoms with Crippen molar-refractivity contribution in [2.45, 2.75) is 64.5 Å². The number of hydrogen-bond donors (Lipinski definition) is 1. The monoisotopic (exact) mass is 224 g/mol. The second-order valence-corrected chi connectivity index (χ2v) is 6.06. The lowest BCUT2D eigenvalue weighted by molar-refractivity contribution is 0.0706. The Hall–Kier alpha value is -0.0800. The van der Waals surface area contributed by atoms with Crippen molar-refractivity contribution < 1.29 is 0 Å². The van der Waals surface area contributed by atoms with Crippen LogP contribution in [0.5, 0.6) is 0 Å². The van der Waals surface area contributed by atoms with Crippen LogP contribution in [0.2, 0.25) is 0 Å². The first-order chi connectivity index (χ1) is 7.68. The minimum absolute atomic E-state index is 0.394. The van der Waals surface area contributed by atoms with Crippen LogP contribution in [0.15, 0.2) is 0 Å². The quantitative estimate of drug-likeness (QED) is 0.781. The van der Waals surface area contributed by atoms with Crippen LogP contribution in [-0.2, 0) is 0 Å². The highest BCUT2D eigenvalue weighted by atomic mass is 15.2. The van der Waals surface area contributed by atoms with Gasteiger partial charge in [-0.3, -0.25) is 0 Å². The lowest BCUT2D eigenvalue weighted by atomic mass is 9.82. The molecule has 1 saturated carbocycles. The zero-order valence-electron chi connectivity index (χ0n) is 11.0. The van der Waals surface area contributed by atoms with E-state index < -0.39 is 0 Å². The van der Waals surface area contributed by atoms with E-state index in [9.17, 15) is 0 Å². The largest absolute Gasteiger partial charge is 0.328 e. The summed E-state index contributed by atoms with van der Waals surface area (Å²) in [6, 6.07) is 1.27. The molecule has 1 heterocycles. The Morgan fingerprint density at radius 1 is 1.06 bits per heavy atom. The number of piperidine rings is 1. The molecule has 1 aliphatic carbocycles. The molecule has 2 rings (SSSR count). The van der Waals surface area contributed by atoms with E-state index >= 15 is 0 Å². The van der Waals surface area contributed by atoms with Crippen molar-refractivity contribution in [3.63, 3.8) is 0 Å². The van der Waals surface area contributed by atoms with Crippen LogP contribution < -0.4 is 5.73 Å². The van der Waals surface area contributed by atoms with Gasteiger partial charge in [-0.05, 0) is 57.5 Å². The standard InChI is InChI=1S/C14H28N2/c1-11-5-3-4-6-14(11)16-9-7-13(8-10-16)12(2)15/h11-14H,3-10,15H2,1-2H3. The van der Waals surface area contributed by atoms with Gasteiger partial charge in [-0.2, -0.15) is 0 Å². The molecule has 2 N–H and O–H groups in total. The number of nitrogens with two attached hydrogens (primary N) is 1. The molecule has 2 aliphatic rings. The maximum atomic E-state index is 6.00. The second kappa shape index (κ2) is 5.50. The van der Waals surface area contributed by atoms with Gasteiger partial charge >= 0.3 is 0 Å². The van der Waals surface area contributed by atoms with Crippen LogP contribution in [0, 0.1) is 11.8 Å². The Morgan fingerprint density at radius 2 is 1.69 bits per heavy atom. The molecule has 0 aromatic rings. The Morgan fingerprint density at radius 3 is 2.25 bits per heavy atom. The van der Waals surface area contributed by atoms with Gasteiger partial charge in [-0.25, -0.2) is 0 Å². The van der Waals surface area contributed by atoms with Crippen molar-refractivity contribution in [2.75, 3.05) is 13.1 Å². The van der Waals surface area contributed by atoms with E-state index in [0.29, 0.717) is 6.04 Å². The number of likely N-dealkylation sites (tertiary alicyclic amines) is 1. The molecule has 0 bridgehead atoms. The summed E-state index contributed by atoms with van der Waals surface area (Å²) < 4.78 is 0. The van der Waals surface area contributed by atoms with Crippen molar-refractivity contribution >= 4 is 0 Å². The highest BCUT2D eigenvalue weighted by molar-refractivity contribution is 4.85. The number of nitrogens with zero attached hydrogens (tertiary/aromatic N) is 1. The van der Waals surface area contributed by atoms with Crippen LogP contribution in [-0.4, -0.2) is 30.1 Å². The molecule has 3 unspecified atom stereocenters. The molecule has 0 spiro atoms. The van der Waals surface area contributed by atoms with Gasteiger partial charge in [0.2, 0.25) is 0 Å². The second-order valence-electron chi connectivity index (χ2n) is 6.06. The van der Waals surface area contributed by atoms with Crippen molar-refractivity contribution in [1.82, 2.24) is 4.90 Å². The van der Waals surface area contributed by atoms with Gasteiger partial charge in [0.25, 0.3) is 0 Å². The minimum Gasteiger partial charge on any atom is -0.328 e. The molecular formula is C14H28N2. The summed E-state index contributed by atoms with van der Waals surface area (Å²) in [5.41, 5.74) is 6.00. The first-order valence-electron chi connectivity index (χ1n) is 7.18. The smallest absolute Gasteiger partial charge is 0.0121 e. The molecule has 2 fully saturated rings. The summed E-state index contributed by atoms with van der Waals surface area (Å²) in [4.78, 5) is 2.75. The predicted molar refractivity (Wildman–Crippen MR) is 69.4 cm³/mol. The highest BCUT2D eigenvalue weighted by Crippen LogP contribution is 2.31. The molecule has 2 heteroatoms. The third-order valence-corrected chi connectivity index (χ3v) is 4.85. The molecule has 16 heavy (non-hydrogen) atoms. The van der Waals surface area contributed by atoms with Gasteiger partial charge < -0.3 is 10.6 Å². The van der Waals surface area contributed by atoms with E-state index in [1.54, 1.807) is 0 Å². The summed E-state index contributed by atoms with van der Waals surface area (Å²) in [5, 5.41) is 0. The molecule has 0 radical (unpaired) electrons. The fourth-order valence-electron chi connectivity index (χ4n) is 3.62. The van der Waals surface area contributed by atoms with Gasteiger partial charge in [0, 0.05) is 12.1 Å². The Labute approximate surface area is 101 Å². The topological polar surface area (TPSA) is 29.3 Å². The van der Waals surface area contributed by atoms with Crippen LogP contribution >= 0.6 is 0 Å². The normalized spacial score (nSPS) is 36.2. The van der Waals surface area contributed by atoms with E-state index in [1.807, 2.05) is 0 Å². The molecule has 2 nitrogen and oxygen atoms in total. The van der Waals surface area contributed by atoms with Gasteiger partial charge in [-0.15, -0.1) is 0 Å². The third kappa shape index (κ3) is 2.78. The zero-order chi connectivity index (χ0) is 11.5. The number of rotatable bonds is 2. The molecule has 0 aromatic heterocycles. The Bertz CT molecular complexity index is 207. The van der Waals surface area contributed by atoms with Crippen molar-refractivity contribution in [1.29, 1.82) is 0 Å². The Kier molecular flexibility index (Phi) is 4.26. The van der Waals surface area contributed by atoms with Gasteiger partial charge in [0.1, 0.15) is 0 Å². The highest BCUT2D eigenvalue weighted by Gasteiger charge is 2.30. The van der Waals surface area contributed by atoms with Crippen LogP contribution in [0.3, 0.4) is 0 Å². The van der Waals surface area contributed by atoms with Crippen molar-refractivity contribution in [2.24, 2.45) is 17.6 Å². The summed E-state index contributed by atoms with van der Waals surface area (Å²) in [7, 11) is 0. The number of hydrogen-bond acceptors (Lipinski definition) is 2. The average molecular weight is 224 g/mol. The summed E-state index contributed by atoms with van der Waals surface area (Å²) in [5.74, 6) is 1.69. The molecule has 0 amide bonds. The van der Waals surface area contributed by atoms with Crippen LogP contribution in [0.25, 0.3) is 0 Å². The van der Waals surface area contributed by atoms with Gasteiger partial charge in [0.15, 0.2) is 0 Å². The molecule has 0 aromatic carbocycles. The van der Waals surface area contributed by atoms with E-state index in [2.05, 4.69) is 18.7 Å². The third-order valence-electron chi connectivity index (χ3n) is 4.85. The zero-order valence-corrected chi connectivity index (χ0v) is 11.0. The van der Waals surface area contributed by atoms with Crippen LogP contribution in [0.1, 0.15) is 52.4 Å². The minimum atomic E-state index is 0.394. The summed E-state index contributed by atoms with van der Waals surface area (Å²) >= 11 is 0. The predicted octanol–water partition coefficient (Wildman–Crippen LogP) is 2.62. The maximum absolute atomic E-state index is 6.00. The average Bonchev–Trinajstić information content (AvgIpc) is 2.30. The summed E-state index contributed by atoms with van der Waals surface area (Å²) in [6.45, 7) is 7.20. The molecule has 1 saturated heterocycles. The van der Waals surface area contributed by atoms with Gasteiger partial charge in [-0.1, -0.05) is 19.8 Å². The fraction of sp³-hybridized carbons (Fsp3) is 1.00. The van der Waals surface area contributed by atoms with Crippen LogP contribution in [0.4, 0.5) is 0 Å². The fourth-order valence-corrected chi connectivity index (χ4v) is 3.62. The Balaban J connectivity index is 1.83. The van der Waals surface area contributed by atoms with Crippen molar-refractivity contribution in [3.8, 4) is 0 Å². The van der Waals surface area contributed by atoms with Gasteiger partial charge in [0.05, 0.1) is 0 Å². The van der Waals surface area contributed by atoms with Crippen molar-refractivity contribution in [3.05, 3.63) is 0 Å². The van der Waals surface area contributed by atoms with E-state index in [0.717, 1.165) is 17.9 Å². The van der Waals surface area contributed by atoms with E-state index in [4.69, 9.17) is 5.73 Å². The first-order valence-corrected chi connectivity index (χ1v) is 7.18. The maximum Gasteiger partial charge on any atom is 0.0121 e. The molecular weight excluding hydrogens is 196 g/mol. The SMILES string of the molecule is CC(N)C1CCN(C2CCCCC2C)CC1. The van der Waals surface area contributed by atoms with E-state index in [1.165, 1.54) is 51.6 Å². The lowest BCUT2D eigenvalue weighted by Crippen LogP contribution is -2.47.